The Kier molecular flexibility index (Phi) is 5.81. The smallest absolute Gasteiger partial charge is 0.225 e. The maximum Gasteiger partial charge on any atom is 0.225 e. The molecule has 1 saturated heterocycles. The number of anilines is 1. The zero-order chi connectivity index (χ0) is 23.9. The summed E-state index contributed by atoms with van der Waals surface area (Å²) in [5, 5.41) is 0. The van der Waals surface area contributed by atoms with Crippen LogP contribution < -0.4 is 4.90 Å². The Labute approximate surface area is 198 Å². The molecule has 3 heterocycles. The van der Waals surface area contributed by atoms with Gasteiger partial charge in [0.2, 0.25) is 5.95 Å². The van der Waals surface area contributed by atoms with Crippen LogP contribution in [0.5, 0.6) is 0 Å². The highest BCUT2D eigenvalue weighted by Gasteiger charge is 2.24. The second-order valence-electron chi connectivity index (χ2n) is 8.77. The van der Waals surface area contributed by atoms with Gasteiger partial charge in [-0.05, 0) is 54.7 Å². The van der Waals surface area contributed by atoms with Gasteiger partial charge in [0, 0.05) is 43.2 Å². The van der Waals surface area contributed by atoms with E-state index in [0.717, 1.165) is 73.0 Å². The van der Waals surface area contributed by atoms with Gasteiger partial charge < -0.3 is 9.88 Å². The summed E-state index contributed by atoms with van der Waals surface area (Å²) in [6.45, 7) is 3.80. The average Bonchev–Trinajstić information content (AvgIpc) is 3.27. The molecule has 1 fully saturated rings. The lowest BCUT2D eigenvalue weighted by Gasteiger charge is -2.31. The molecular weight excluding hydrogens is 453 g/mol. The molecule has 1 N–H and O–H groups in total. The molecule has 0 bridgehead atoms. The Bertz CT molecular complexity index is 1440. The first-order valence-electron chi connectivity index (χ1n) is 11.4. The number of imidazole rings is 1. The lowest BCUT2D eigenvalue weighted by atomic mass is 9.96. The standard InChI is InChI=1S/C25H26FN5O2S/c1-3-16-14-27-25(28-15-16)31-10-8-17(9-11-31)24-29-22-7-4-18(12-23(22)30-24)20-6-5-19(13-21(20)26)34(2,32)33/h4-7,12-15,17H,3,8-11H2,1-2H3,(H,29,30). The predicted octanol–water partition coefficient (Wildman–Crippen LogP) is 4.51. The highest BCUT2D eigenvalue weighted by atomic mass is 32.2. The van der Waals surface area contributed by atoms with E-state index in [1.807, 2.05) is 30.6 Å². The third-order valence-electron chi connectivity index (χ3n) is 6.45. The molecule has 176 valence electrons. The number of benzene rings is 2. The molecule has 5 rings (SSSR count). The van der Waals surface area contributed by atoms with Gasteiger partial charge in [0.05, 0.1) is 15.9 Å². The minimum atomic E-state index is -3.46. The van der Waals surface area contributed by atoms with Crippen molar-refractivity contribution in [3.05, 3.63) is 66.0 Å². The zero-order valence-corrected chi connectivity index (χ0v) is 19.9. The van der Waals surface area contributed by atoms with Crippen LogP contribution in [0.3, 0.4) is 0 Å². The van der Waals surface area contributed by atoms with E-state index in [1.165, 1.54) is 12.1 Å². The van der Waals surface area contributed by atoms with Gasteiger partial charge in [-0.25, -0.2) is 27.8 Å². The van der Waals surface area contributed by atoms with Gasteiger partial charge >= 0.3 is 0 Å². The van der Waals surface area contributed by atoms with Crippen LogP contribution in [0.15, 0.2) is 53.7 Å². The molecule has 1 aliphatic rings. The summed E-state index contributed by atoms with van der Waals surface area (Å²) in [7, 11) is -3.46. The molecular formula is C25H26FN5O2S. The van der Waals surface area contributed by atoms with E-state index in [9.17, 15) is 12.8 Å². The lowest BCUT2D eigenvalue weighted by molar-refractivity contribution is 0.484. The van der Waals surface area contributed by atoms with Gasteiger partial charge in [0.1, 0.15) is 11.6 Å². The first-order chi connectivity index (χ1) is 16.3. The number of aryl methyl sites for hydroxylation is 1. The number of rotatable bonds is 5. The van der Waals surface area contributed by atoms with Crippen LogP contribution in [0.4, 0.5) is 10.3 Å². The summed E-state index contributed by atoms with van der Waals surface area (Å²) in [5.41, 5.74) is 3.80. The SMILES string of the molecule is CCc1cnc(N2CCC(c3nc4cc(-c5ccc(S(C)(=O)=O)cc5F)ccc4[nH]3)CC2)nc1. The van der Waals surface area contributed by atoms with Gasteiger partial charge in [-0.15, -0.1) is 0 Å². The molecule has 1 aliphatic heterocycles. The van der Waals surface area contributed by atoms with Crippen LogP contribution in [0.2, 0.25) is 0 Å². The summed E-state index contributed by atoms with van der Waals surface area (Å²) in [6.07, 6.45) is 7.65. The van der Waals surface area contributed by atoms with Crippen LogP contribution in [0, 0.1) is 5.82 Å². The molecule has 2 aromatic heterocycles. The molecule has 7 nitrogen and oxygen atoms in total. The normalized spacial score (nSPS) is 15.2. The second-order valence-corrected chi connectivity index (χ2v) is 10.8. The molecule has 0 saturated carbocycles. The number of fused-ring (bicyclic) bond motifs is 1. The fourth-order valence-electron chi connectivity index (χ4n) is 4.39. The Morgan fingerprint density at radius 2 is 1.82 bits per heavy atom. The van der Waals surface area contributed by atoms with E-state index in [2.05, 4.69) is 26.8 Å². The van der Waals surface area contributed by atoms with Crippen LogP contribution in [0.1, 0.15) is 37.1 Å². The summed E-state index contributed by atoms with van der Waals surface area (Å²) >= 11 is 0. The van der Waals surface area contributed by atoms with E-state index >= 15 is 0 Å². The molecule has 0 unspecified atom stereocenters. The monoisotopic (exact) mass is 479 g/mol. The molecule has 0 atom stereocenters. The van der Waals surface area contributed by atoms with Crippen molar-refractivity contribution in [2.75, 3.05) is 24.2 Å². The van der Waals surface area contributed by atoms with Gasteiger partial charge in [0.25, 0.3) is 0 Å². The van der Waals surface area contributed by atoms with Crippen LogP contribution in [-0.2, 0) is 16.3 Å². The van der Waals surface area contributed by atoms with Gasteiger partial charge in [-0.2, -0.15) is 0 Å². The van der Waals surface area contributed by atoms with E-state index in [-0.39, 0.29) is 4.90 Å². The number of piperidine rings is 1. The van der Waals surface area contributed by atoms with E-state index < -0.39 is 15.7 Å². The molecule has 2 aromatic carbocycles. The lowest BCUT2D eigenvalue weighted by Crippen LogP contribution is -2.34. The fourth-order valence-corrected chi connectivity index (χ4v) is 5.03. The number of aromatic amines is 1. The Hall–Kier alpha value is -3.33. The van der Waals surface area contributed by atoms with E-state index in [4.69, 9.17) is 4.98 Å². The van der Waals surface area contributed by atoms with Crippen molar-refractivity contribution >= 4 is 26.8 Å². The van der Waals surface area contributed by atoms with Gasteiger partial charge in [-0.3, -0.25) is 0 Å². The summed E-state index contributed by atoms with van der Waals surface area (Å²) in [4.78, 5) is 19.4. The third-order valence-corrected chi connectivity index (χ3v) is 7.56. The van der Waals surface area contributed by atoms with Crippen molar-refractivity contribution < 1.29 is 12.8 Å². The molecule has 34 heavy (non-hydrogen) atoms. The highest BCUT2D eigenvalue weighted by Crippen LogP contribution is 2.31. The number of hydrogen-bond acceptors (Lipinski definition) is 6. The number of nitrogens with zero attached hydrogens (tertiary/aromatic N) is 4. The van der Waals surface area contributed by atoms with Crippen molar-refractivity contribution in [2.24, 2.45) is 0 Å². The number of hydrogen-bond donors (Lipinski definition) is 1. The fraction of sp³-hybridized carbons (Fsp3) is 0.320. The Balaban J connectivity index is 1.33. The summed E-state index contributed by atoms with van der Waals surface area (Å²) in [6, 6.07) is 9.56. The van der Waals surface area contributed by atoms with Crippen molar-refractivity contribution in [1.82, 2.24) is 19.9 Å². The predicted molar refractivity (Wildman–Crippen MR) is 130 cm³/mol. The quantitative estimate of drug-likeness (QED) is 0.453. The maximum absolute atomic E-state index is 14.7. The highest BCUT2D eigenvalue weighted by molar-refractivity contribution is 7.90. The molecule has 0 amide bonds. The van der Waals surface area contributed by atoms with Gasteiger partial charge in [0.15, 0.2) is 9.84 Å². The number of H-pyrrole nitrogens is 1. The summed E-state index contributed by atoms with van der Waals surface area (Å²) in [5.74, 6) is 1.43. The van der Waals surface area contributed by atoms with E-state index in [0.29, 0.717) is 17.0 Å². The molecule has 0 aliphatic carbocycles. The zero-order valence-electron chi connectivity index (χ0n) is 19.1. The van der Waals surface area contributed by atoms with Crippen molar-refractivity contribution in [3.63, 3.8) is 0 Å². The minimum absolute atomic E-state index is 0.0325. The van der Waals surface area contributed by atoms with Crippen LogP contribution >= 0.6 is 0 Å². The Morgan fingerprint density at radius 3 is 2.47 bits per heavy atom. The largest absolute Gasteiger partial charge is 0.342 e. The molecule has 4 aromatic rings. The molecule has 0 spiro atoms. The minimum Gasteiger partial charge on any atom is -0.342 e. The van der Waals surface area contributed by atoms with Crippen molar-refractivity contribution in [3.8, 4) is 11.1 Å². The summed E-state index contributed by atoms with van der Waals surface area (Å²) < 4.78 is 38.1. The number of aromatic nitrogens is 4. The molecule has 9 heteroatoms. The van der Waals surface area contributed by atoms with E-state index in [1.54, 1.807) is 0 Å². The van der Waals surface area contributed by atoms with Crippen molar-refractivity contribution in [2.45, 2.75) is 37.0 Å². The number of sulfone groups is 1. The number of halogens is 1. The topological polar surface area (TPSA) is 91.8 Å². The average molecular weight is 480 g/mol. The third kappa shape index (κ3) is 4.40. The molecule has 0 radical (unpaired) electrons. The number of nitrogens with one attached hydrogen (secondary N) is 1. The van der Waals surface area contributed by atoms with Crippen LogP contribution in [-0.4, -0.2) is 47.7 Å². The first-order valence-corrected chi connectivity index (χ1v) is 13.3. The first kappa shape index (κ1) is 22.5. The van der Waals surface area contributed by atoms with Crippen LogP contribution in [0.25, 0.3) is 22.2 Å². The maximum atomic E-state index is 14.7. The van der Waals surface area contributed by atoms with Crippen molar-refractivity contribution in [1.29, 1.82) is 0 Å². The second kappa shape index (κ2) is 8.79. The van der Waals surface area contributed by atoms with Gasteiger partial charge in [-0.1, -0.05) is 19.1 Å². The Morgan fingerprint density at radius 1 is 1.09 bits per heavy atom.